The summed E-state index contributed by atoms with van der Waals surface area (Å²) in [4.78, 5) is 11.9. The number of alkyl halides is 2. The third-order valence-electron chi connectivity index (χ3n) is 6.04. The minimum absolute atomic E-state index is 0.247. The van der Waals surface area contributed by atoms with Gasteiger partial charge in [0, 0.05) is 12.5 Å². The first kappa shape index (κ1) is 19.9. The molecule has 0 N–H and O–H groups in total. The molecule has 0 atom stereocenters. The Morgan fingerprint density at radius 2 is 1.50 bits per heavy atom. The molecule has 0 spiro atoms. The Balaban J connectivity index is 1.71. The number of esters is 1. The minimum Gasteiger partial charge on any atom is -0.460 e. The van der Waals surface area contributed by atoms with Crippen molar-refractivity contribution in [3.05, 3.63) is 0 Å². The fourth-order valence-corrected chi connectivity index (χ4v) is 7.51. The monoisotopic (exact) mass is 415 g/mol. The lowest BCUT2D eigenvalue weighted by Gasteiger charge is -2.56. The molecule has 11 heteroatoms. The van der Waals surface area contributed by atoms with Gasteiger partial charge in [-0.15, -0.1) is 0 Å². The first-order valence-electron chi connectivity index (χ1n) is 8.50. The van der Waals surface area contributed by atoms with Crippen molar-refractivity contribution < 1.29 is 35.1 Å². The van der Waals surface area contributed by atoms with Gasteiger partial charge >= 0.3 is 21.2 Å². The summed E-state index contributed by atoms with van der Waals surface area (Å²) in [6.45, 7) is -0.247. The predicted molar refractivity (Wildman–Crippen MR) is 88.0 cm³/mol. The molecule has 0 unspecified atom stereocenters. The van der Waals surface area contributed by atoms with E-state index >= 15 is 0 Å². The van der Waals surface area contributed by atoms with E-state index < -0.39 is 35.0 Å². The molecule has 4 aliphatic carbocycles. The first-order valence-corrected chi connectivity index (χ1v) is 11.8. The summed E-state index contributed by atoms with van der Waals surface area (Å²) in [5, 5.41) is -4.97. The van der Waals surface area contributed by atoms with Gasteiger partial charge in [-0.25, -0.2) is 21.6 Å². The highest BCUT2D eigenvalue weighted by atomic mass is 32.3. The van der Waals surface area contributed by atoms with E-state index in [0.717, 1.165) is 38.5 Å². The van der Waals surface area contributed by atoms with E-state index in [1.165, 1.54) is 0 Å². The van der Waals surface area contributed by atoms with E-state index in [1.54, 1.807) is 0 Å². The number of halogens is 2. The van der Waals surface area contributed by atoms with E-state index in [0.29, 0.717) is 31.1 Å². The second kappa shape index (κ2) is 6.10. The highest BCUT2D eigenvalue weighted by Gasteiger charge is 2.59. The summed E-state index contributed by atoms with van der Waals surface area (Å²) in [6.07, 6.45) is 6.22. The van der Waals surface area contributed by atoms with E-state index in [4.69, 9.17) is 4.74 Å². The fraction of sp³-hybridized carbons (Fsp3) is 0.933. The van der Waals surface area contributed by atoms with Crippen LogP contribution in [-0.2, 0) is 29.6 Å². The van der Waals surface area contributed by atoms with Crippen LogP contribution in [0.25, 0.3) is 0 Å². The van der Waals surface area contributed by atoms with Crippen LogP contribution in [0.3, 0.4) is 0 Å². The van der Waals surface area contributed by atoms with E-state index in [9.17, 15) is 30.4 Å². The SMILES string of the molecule is CN(S(C)(=O)=O)S(=O)(=O)C(F)(F)C(=O)OCC12CC3CC(CC(C3)C1)C2. The standard InChI is InChI=1S/C15H23F2NO6S2/c1-18(25(2,20)21)26(22,23)15(16,17)13(19)24-9-14-6-10-3-11(7-14)5-12(4-10)8-14/h10-12H,3-9H2,1-2H3. The van der Waals surface area contributed by atoms with Gasteiger partial charge in [-0.05, 0) is 56.3 Å². The molecule has 4 saturated carbocycles. The third kappa shape index (κ3) is 3.26. The zero-order valence-electron chi connectivity index (χ0n) is 14.7. The maximum Gasteiger partial charge on any atom is 0.455 e. The second-order valence-electron chi connectivity index (χ2n) is 8.16. The normalized spacial score (nSPS) is 34.3. The van der Waals surface area contributed by atoms with Crippen LogP contribution in [0.5, 0.6) is 0 Å². The molecule has 4 fully saturated rings. The number of sulfonamides is 2. The minimum atomic E-state index is -5.74. The summed E-state index contributed by atoms with van der Waals surface area (Å²) in [5.41, 5.74) is -0.354. The number of hydrogen-bond donors (Lipinski definition) is 0. The van der Waals surface area contributed by atoms with Gasteiger partial charge in [-0.2, -0.15) is 8.78 Å². The van der Waals surface area contributed by atoms with E-state index in [2.05, 4.69) is 0 Å². The molecule has 0 amide bonds. The number of carbonyl (C=O) groups excluding carboxylic acids is 1. The van der Waals surface area contributed by atoms with Crippen molar-refractivity contribution in [2.75, 3.05) is 19.9 Å². The lowest BCUT2D eigenvalue weighted by Crippen LogP contribution is -2.51. The van der Waals surface area contributed by atoms with Crippen LogP contribution < -0.4 is 0 Å². The summed E-state index contributed by atoms with van der Waals surface area (Å²) in [7, 11) is -9.74. The molecule has 0 aromatic rings. The maximum absolute atomic E-state index is 14.2. The van der Waals surface area contributed by atoms with Gasteiger partial charge in [0.05, 0.1) is 12.9 Å². The van der Waals surface area contributed by atoms with Gasteiger partial charge in [-0.3, -0.25) is 0 Å². The largest absolute Gasteiger partial charge is 0.460 e. The van der Waals surface area contributed by atoms with Gasteiger partial charge in [0.2, 0.25) is 10.0 Å². The Morgan fingerprint density at radius 3 is 1.88 bits per heavy atom. The number of carbonyl (C=O) groups is 1. The summed E-state index contributed by atoms with van der Waals surface area (Å²) in [5.74, 6) is -0.676. The van der Waals surface area contributed by atoms with Crippen molar-refractivity contribution in [2.45, 2.75) is 43.8 Å². The molecule has 0 saturated heterocycles. The van der Waals surface area contributed by atoms with Crippen molar-refractivity contribution in [1.82, 2.24) is 3.71 Å². The lowest BCUT2D eigenvalue weighted by atomic mass is 9.50. The molecular formula is C15H23F2NO6S2. The number of hydrogen-bond acceptors (Lipinski definition) is 6. The smallest absolute Gasteiger partial charge is 0.455 e. The maximum atomic E-state index is 14.2. The molecule has 0 heterocycles. The van der Waals surface area contributed by atoms with Crippen LogP contribution in [0.15, 0.2) is 0 Å². The zero-order valence-corrected chi connectivity index (χ0v) is 16.3. The molecule has 150 valence electrons. The van der Waals surface area contributed by atoms with Crippen molar-refractivity contribution in [3.8, 4) is 0 Å². The predicted octanol–water partition coefficient (Wildman–Crippen LogP) is 1.56. The molecule has 4 bridgehead atoms. The Morgan fingerprint density at radius 1 is 1.08 bits per heavy atom. The number of nitrogens with zero attached hydrogens (tertiary/aromatic N) is 1. The summed E-state index contributed by atoms with van der Waals surface area (Å²) in [6, 6.07) is 0. The van der Waals surface area contributed by atoms with Crippen molar-refractivity contribution in [2.24, 2.45) is 23.2 Å². The van der Waals surface area contributed by atoms with Crippen molar-refractivity contribution in [3.63, 3.8) is 0 Å². The van der Waals surface area contributed by atoms with Crippen molar-refractivity contribution in [1.29, 1.82) is 0 Å². The van der Waals surface area contributed by atoms with Crippen LogP contribution >= 0.6 is 0 Å². The van der Waals surface area contributed by atoms with Gasteiger partial charge in [0.1, 0.15) is 0 Å². The Bertz CT molecular complexity index is 773. The van der Waals surface area contributed by atoms with Crippen LogP contribution in [0, 0.1) is 23.2 Å². The Hall–Kier alpha value is -0.810. The summed E-state index contributed by atoms with van der Waals surface area (Å²) >= 11 is 0. The van der Waals surface area contributed by atoms with Gasteiger partial charge < -0.3 is 4.74 Å². The van der Waals surface area contributed by atoms with Gasteiger partial charge in [-0.1, -0.05) is 3.71 Å². The van der Waals surface area contributed by atoms with E-state index in [-0.39, 0.29) is 12.0 Å². The third-order valence-corrected chi connectivity index (χ3v) is 9.87. The molecule has 0 aromatic heterocycles. The molecule has 26 heavy (non-hydrogen) atoms. The zero-order chi connectivity index (χ0) is 19.5. The molecule has 0 radical (unpaired) electrons. The Labute approximate surface area is 152 Å². The second-order valence-corrected chi connectivity index (χ2v) is 12.4. The average molecular weight is 415 g/mol. The van der Waals surface area contributed by atoms with Crippen molar-refractivity contribution >= 4 is 26.0 Å². The lowest BCUT2D eigenvalue weighted by molar-refractivity contribution is -0.171. The van der Waals surface area contributed by atoms with Crippen LogP contribution in [-0.4, -0.2) is 51.7 Å². The van der Waals surface area contributed by atoms with Crippen LogP contribution in [0.4, 0.5) is 8.78 Å². The summed E-state index contributed by atoms with van der Waals surface area (Å²) < 4.78 is 78.9. The fourth-order valence-electron chi connectivity index (χ4n) is 5.21. The first-order chi connectivity index (χ1) is 11.8. The van der Waals surface area contributed by atoms with Crippen LogP contribution in [0.2, 0.25) is 0 Å². The highest BCUT2D eigenvalue weighted by molar-refractivity contribution is 8.04. The topological polar surface area (TPSA) is 97.8 Å². The quantitative estimate of drug-likeness (QED) is 0.611. The number of ether oxygens (including phenoxy) is 1. The van der Waals surface area contributed by atoms with Crippen LogP contribution in [0.1, 0.15) is 38.5 Å². The molecule has 0 aromatic carbocycles. The molecule has 0 aliphatic heterocycles. The molecule has 4 aliphatic rings. The van der Waals surface area contributed by atoms with E-state index in [1.807, 2.05) is 0 Å². The molecule has 7 nitrogen and oxygen atoms in total. The molecular weight excluding hydrogens is 392 g/mol. The highest BCUT2D eigenvalue weighted by Crippen LogP contribution is 2.60. The van der Waals surface area contributed by atoms with Gasteiger partial charge in [0.25, 0.3) is 0 Å². The number of rotatable bonds is 6. The Kier molecular flexibility index (Phi) is 4.68. The molecule has 4 rings (SSSR count). The average Bonchev–Trinajstić information content (AvgIpc) is 2.49. The van der Waals surface area contributed by atoms with Gasteiger partial charge in [0.15, 0.2) is 0 Å².